The Kier molecular flexibility index (Phi) is 5.31. The van der Waals surface area contributed by atoms with E-state index in [-0.39, 0.29) is 11.6 Å². The minimum absolute atomic E-state index is 0.0990. The van der Waals surface area contributed by atoms with Gasteiger partial charge in [0.2, 0.25) is 0 Å². The van der Waals surface area contributed by atoms with Gasteiger partial charge in [0.15, 0.2) is 5.78 Å². The molecule has 0 amide bonds. The summed E-state index contributed by atoms with van der Waals surface area (Å²) in [6.07, 6.45) is 3.88. The third-order valence-electron chi connectivity index (χ3n) is 4.92. The Morgan fingerprint density at radius 1 is 1.00 bits per heavy atom. The van der Waals surface area contributed by atoms with Gasteiger partial charge in [-0.25, -0.2) is 9.37 Å². The number of benzene rings is 2. The molecule has 2 heterocycles. The number of aromatic nitrogens is 1. The van der Waals surface area contributed by atoms with Crippen LogP contribution in [0.3, 0.4) is 0 Å². The molecule has 4 rings (SSSR count). The maximum Gasteiger partial charge on any atom is 0.173 e. The fourth-order valence-electron chi connectivity index (χ4n) is 3.34. The van der Waals surface area contributed by atoms with Crippen molar-refractivity contribution in [3.8, 4) is 11.1 Å². The topological polar surface area (TPSA) is 30.0 Å². The molecule has 0 aliphatic carbocycles. The fourth-order valence-corrected chi connectivity index (χ4v) is 4.48. The molecule has 0 bridgehead atoms. The predicted molar refractivity (Wildman–Crippen MR) is 113 cm³/mol. The number of hydrogen-bond donors (Lipinski definition) is 0. The molecular weight excluding hydrogens is 369 g/mol. The van der Waals surface area contributed by atoms with E-state index in [0.29, 0.717) is 17.7 Å². The second-order valence-electron chi connectivity index (χ2n) is 6.76. The van der Waals surface area contributed by atoms with E-state index in [9.17, 15) is 9.18 Å². The van der Waals surface area contributed by atoms with Crippen LogP contribution in [0.1, 0.15) is 34.1 Å². The lowest BCUT2D eigenvalue weighted by Crippen LogP contribution is -2.01. The molecule has 0 N–H and O–H groups in total. The summed E-state index contributed by atoms with van der Waals surface area (Å²) >= 11 is 1.42. The van der Waals surface area contributed by atoms with E-state index < -0.39 is 0 Å². The normalized spacial score (nSPS) is 11.1. The number of hydrogen-bond acceptors (Lipinski definition) is 3. The van der Waals surface area contributed by atoms with Crippen molar-refractivity contribution in [2.24, 2.45) is 0 Å². The molecule has 0 saturated heterocycles. The molecule has 2 aromatic carbocycles. The van der Waals surface area contributed by atoms with Crippen molar-refractivity contribution >= 4 is 27.3 Å². The molecule has 2 nitrogen and oxygen atoms in total. The van der Waals surface area contributed by atoms with Gasteiger partial charge in [-0.3, -0.25) is 4.79 Å². The highest BCUT2D eigenvalue weighted by atomic mass is 32.1. The molecule has 4 heteroatoms. The van der Waals surface area contributed by atoms with Crippen molar-refractivity contribution in [3.05, 3.63) is 88.7 Å². The van der Waals surface area contributed by atoms with Crippen molar-refractivity contribution in [1.82, 2.24) is 4.98 Å². The van der Waals surface area contributed by atoms with E-state index in [1.54, 1.807) is 18.3 Å². The van der Waals surface area contributed by atoms with Crippen molar-refractivity contribution in [1.29, 1.82) is 0 Å². The minimum Gasteiger partial charge on any atom is -0.293 e. The average Bonchev–Trinajstić information content (AvgIpc) is 3.13. The standard InChI is InChI=1S/C24H20FNOS/c1-2-16-5-7-17(8-6-16)9-14-21(27)23-22(18-10-12-19(25)13-11-18)20-4-3-15-26-24(20)28-23/h3-8,10-13,15H,2,9,14H2,1H3. The van der Waals surface area contributed by atoms with Crippen molar-refractivity contribution in [3.63, 3.8) is 0 Å². The number of rotatable bonds is 6. The van der Waals surface area contributed by atoms with E-state index in [1.807, 2.05) is 12.1 Å². The molecule has 0 unspecified atom stereocenters. The highest BCUT2D eigenvalue weighted by Gasteiger charge is 2.20. The number of Topliss-reactive ketones (excluding diaryl/α,β-unsaturated/α-hetero) is 1. The molecule has 0 saturated carbocycles. The zero-order valence-electron chi connectivity index (χ0n) is 15.6. The first-order chi connectivity index (χ1) is 13.7. The van der Waals surface area contributed by atoms with E-state index in [4.69, 9.17) is 0 Å². The minimum atomic E-state index is -0.287. The number of carbonyl (C=O) groups excluding carboxylic acids is 1. The van der Waals surface area contributed by atoms with Crippen LogP contribution in [0.4, 0.5) is 4.39 Å². The Morgan fingerprint density at radius 3 is 2.43 bits per heavy atom. The van der Waals surface area contributed by atoms with E-state index in [0.717, 1.165) is 33.3 Å². The smallest absolute Gasteiger partial charge is 0.173 e. The maximum atomic E-state index is 13.4. The fraction of sp³-hybridized carbons (Fsp3) is 0.167. The Hall–Kier alpha value is -2.85. The Morgan fingerprint density at radius 2 is 1.71 bits per heavy atom. The Bertz CT molecular complexity index is 1110. The molecule has 0 aliphatic heterocycles. The predicted octanol–water partition coefficient (Wildman–Crippen LogP) is 6.48. The molecular formula is C24H20FNOS. The second-order valence-corrected chi connectivity index (χ2v) is 7.76. The van der Waals surface area contributed by atoms with Gasteiger partial charge in [0.1, 0.15) is 10.6 Å². The number of ketones is 1. The van der Waals surface area contributed by atoms with Gasteiger partial charge in [-0.1, -0.05) is 43.3 Å². The summed E-state index contributed by atoms with van der Waals surface area (Å²) in [6, 6.07) is 18.6. The molecule has 28 heavy (non-hydrogen) atoms. The third-order valence-corrected chi connectivity index (χ3v) is 6.08. The number of thiophene rings is 1. The number of pyridine rings is 1. The summed E-state index contributed by atoms with van der Waals surface area (Å²) in [6.45, 7) is 2.13. The lowest BCUT2D eigenvalue weighted by molar-refractivity contribution is 0.0987. The van der Waals surface area contributed by atoms with Crippen LogP contribution in [0.2, 0.25) is 0 Å². The largest absolute Gasteiger partial charge is 0.293 e. The second kappa shape index (κ2) is 8.03. The van der Waals surface area contributed by atoms with Crippen LogP contribution in [0.25, 0.3) is 21.3 Å². The van der Waals surface area contributed by atoms with Crippen LogP contribution in [0.5, 0.6) is 0 Å². The van der Waals surface area contributed by atoms with E-state index >= 15 is 0 Å². The van der Waals surface area contributed by atoms with Crippen LogP contribution in [0, 0.1) is 5.82 Å². The average molecular weight is 389 g/mol. The molecule has 0 atom stereocenters. The lowest BCUT2D eigenvalue weighted by atomic mass is 9.98. The highest BCUT2D eigenvalue weighted by Crippen LogP contribution is 2.38. The molecule has 140 valence electrons. The maximum absolute atomic E-state index is 13.4. The van der Waals surface area contributed by atoms with Gasteiger partial charge in [-0.2, -0.15) is 0 Å². The van der Waals surface area contributed by atoms with Gasteiger partial charge >= 0.3 is 0 Å². The molecule has 0 radical (unpaired) electrons. The Balaban J connectivity index is 1.66. The van der Waals surface area contributed by atoms with Crippen LogP contribution in [-0.4, -0.2) is 10.8 Å². The highest BCUT2D eigenvalue weighted by molar-refractivity contribution is 7.21. The number of fused-ring (bicyclic) bond motifs is 1. The third kappa shape index (κ3) is 3.73. The molecule has 0 fully saturated rings. The van der Waals surface area contributed by atoms with Crippen LogP contribution in [0.15, 0.2) is 66.9 Å². The molecule has 0 spiro atoms. The first-order valence-corrected chi connectivity index (χ1v) is 10.2. The summed E-state index contributed by atoms with van der Waals surface area (Å²) < 4.78 is 13.4. The van der Waals surface area contributed by atoms with Crippen molar-refractivity contribution in [2.75, 3.05) is 0 Å². The molecule has 4 aromatic rings. The summed E-state index contributed by atoms with van der Waals surface area (Å²) in [5.41, 5.74) is 4.16. The van der Waals surface area contributed by atoms with Crippen LogP contribution < -0.4 is 0 Å². The summed E-state index contributed by atoms with van der Waals surface area (Å²) in [4.78, 5) is 19.0. The quantitative estimate of drug-likeness (QED) is 0.353. The van der Waals surface area contributed by atoms with Gasteiger partial charge in [-0.05, 0) is 53.8 Å². The first kappa shape index (κ1) is 18.5. The number of nitrogens with zero attached hydrogens (tertiary/aromatic N) is 1. The number of aryl methyl sites for hydroxylation is 2. The first-order valence-electron chi connectivity index (χ1n) is 9.40. The van der Waals surface area contributed by atoms with Gasteiger partial charge in [-0.15, -0.1) is 11.3 Å². The lowest BCUT2D eigenvalue weighted by Gasteiger charge is -2.06. The summed E-state index contributed by atoms with van der Waals surface area (Å²) in [7, 11) is 0. The van der Waals surface area contributed by atoms with Crippen molar-refractivity contribution < 1.29 is 9.18 Å². The van der Waals surface area contributed by atoms with Gasteiger partial charge in [0.05, 0.1) is 4.88 Å². The zero-order valence-corrected chi connectivity index (χ0v) is 16.4. The van der Waals surface area contributed by atoms with Gasteiger partial charge in [0, 0.05) is 23.6 Å². The molecule has 0 aliphatic rings. The SMILES string of the molecule is CCc1ccc(CCC(=O)c2sc3ncccc3c2-c2ccc(F)cc2)cc1. The van der Waals surface area contributed by atoms with Gasteiger partial charge < -0.3 is 0 Å². The van der Waals surface area contributed by atoms with E-state index in [1.165, 1.54) is 29.0 Å². The number of carbonyl (C=O) groups is 1. The Labute approximate surface area is 167 Å². The zero-order chi connectivity index (χ0) is 19.5. The van der Waals surface area contributed by atoms with Crippen LogP contribution >= 0.6 is 11.3 Å². The molecule has 2 aromatic heterocycles. The number of halogens is 1. The summed E-state index contributed by atoms with van der Waals surface area (Å²) in [5, 5.41) is 0.940. The monoisotopic (exact) mass is 389 g/mol. The van der Waals surface area contributed by atoms with Gasteiger partial charge in [0.25, 0.3) is 0 Å². The van der Waals surface area contributed by atoms with Crippen molar-refractivity contribution in [2.45, 2.75) is 26.2 Å². The summed E-state index contributed by atoms with van der Waals surface area (Å²) in [5.74, 6) is -0.188. The van der Waals surface area contributed by atoms with Crippen LogP contribution in [-0.2, 0) is 12.8 Å². The van der Waals surface area contributed by atoms with E-state index in [2.05, 4.69) is 36.2 Å².